The van der Waals surface area contributed by atoms with Gasteiger partial charge in [0.15, 0.2) is 0 Å². The van der Waals surface area contributed by atoms with Crippen molar-refractivity contribution in [1.29, 1.82) is 0 Å². The van der Waals surface area contributed by atoms with Gasteiger partial charge in [-0.25, -0.2) is 0 Å². The van der Waals surface area contributed by atoms with Crippen molar-refractivity contribution in [1.82, 2.24) is 4.72 Å². The van der Waals surface area contributed by atoms with Crippen LogP contribution in [-0.2, 0) is 23.2 Å². The van der Waals surface area contributed by atoms with E-state index in [1.54, 1.807) is 18.2 Å². The summed E-state index contributed by atoms with van der Waals surface area (Å²) in [7, 11) is 0. The van der Waals surface area contributed by atoms with Gasteiger partial charge in [0.05, 0.1) is 29.8 Å². The minimum absolute atomic E-state index is 0.217. The molecule has 8 heteroatoms. The van der Waals surface area contributed by atoms with Crippen molar-refractivity contribution in [2.24, 2.45) is 11.8 Å². The number of benzene rings is 2. The number of anilines is 1. The minimum Gasteiger partial charge on any atom is -0.593 e. The van der Waals surface area contributed by atoms with Crippen LogP contribution < -0.4 is 14.4 Å². The number of carbonyl (C=O) groups excluding carboxylic acids is 1. The van der Waals surface area contributed by atoms with Crippen molar-refractivity contribution in [2.75, 3.05) is 24.6 Å². The molecule has 1 saturated carbocycles. The third-order valence-corrected chi connectivity index (χ3v) is 10.7. The fourth-order valence-corrected chi connectivity index (χ4v) is 7.79. The Balaban J connectivity index is 1.48. The summed E-state index contributed by atoms with van der Waals surface area (Å²) in [5.41, 5.74) is 3.65. The second-order valence-electron chi connectivity index (χ2n) is 11.9. The molecule has 0 radical (unpaired) electrons. The van der Waals surface area contributed by atoms with Gasteiger partial charge in [0, 0.05) is 35.5 Å². The second kappa shape index (κ2) is 12.8. The van der Waals surface area contributed by atoms with Crippen LogP contribution in [0.5, 0.6) is 5.75 Å². The topological polar surface area (TPSA) is 84.9 Å². The van der Waals surface area contributed by atoms with E-state index in [9.17, 15) is 14.5 Å². The zero-order valence-electron chi connectivity index (χ0n) is 23.8. The van der Waals surface area contributed by atoms with E-state index in [1.165, 1.54) is 11.1 Å². The summed E-state index contributed by atoms with van der Waals surface area (Å²) in [5.74, 6) is 0.907. The number of aliphatic hydroxyl groups is 1. The van der Waals surface area contributed by atoms with Gasteiger partial charge in [0.1, 0.15) is 11.0 Å². The number of hydrogen-bond acceptors (Lipinski definition) is 5. The van der Waals surface area contributed by atoms with E-state index in [-0.39, 0.29) is 22.5 Å². The fraction of sp³-hybridized carbons (Fsp3) is 0.485. The van der Waals surface area contributed by atoms with Crippen molar-refractivity contribution >= 4 is 34.6 Å². The lowest BCUT2D eigenvalue weighted by Gasteiger charge is -2.45. The highest BCUT2D eigenvalue weighted by atomic mass is 35.5. The molecule has 2 aromatic rings. The number of nitrogens with zero attached hydrogens (tertiary/aromatic N) is 1. The van der Waals surface area contributed by atoms with E-state index < -0.39 is 17.5 Å². The summed E-state index contributed by atoms with van der Waals surface area (Å²) in [4.78, 5) is 15.6. The smallest absolute Gasteiger partial charge is 0.292 e. The van der Waals surface area contributed by atoms with Crippen LogP contribution >= 0.6 is 11.6 Å². The molecule has 1 heterocycles. The number of ether oxygens (including phenoxy) is 1. The van der Waals surface area contributed by atoms with Crippen LogP contribution in [-0.4, -0.2) is 46.6 Å². The number of fused-ring (bicyclic) bond motifs is 3. The first-order valence-electron chi connectivity index (χ1n) is 14.7. The minimum atomic E-state index is -1.52. The predicted molar refractivity (Wildman–Crippen MR) is 167 cm³/mol. The average molecular weight is 597 g/mol. The van der Waals surface area contributed by atoms with E-state index in [2.05, 4.69) is 34.9 Å². The van der Waals surface area contributed by atoms with Crippen LogP contribution in [0.1, 0.15) is 66.9 Å². The molecule has 1 fully saturated rings. The largest absolute Gasteiger partial charge is 0.593 e. The Bertz CT molecular complexity index is 1290. The molecule has 5 unspecified atom stereocenters. The summed E-state index contributed by atoms with van der Waals surface area (Å²) < 4.78 is 21.9. The molecule has 2 aromatic carbocycles. The Morgan fingerprint density at radius 2 is 2.07 bits per heavy atom. The van der Waals surface area contributed by atoms with Crippen LogP contribution in [0.25, 0.3) is 0 Å². The standard InChI is InChI=1S/C33H41ClN2O4S/c1-4-7-22(3)41(39)35-32(38)24-11-15-31-29(18-24)36(19-25-10-13-27(25)30(37)8-5-2)20-33(21-40-31)16-6-9-23-17-26(34)12-14-28(23)33/h4-5,11-12,14-15,17-18,22,25,27,30,37H,1-2,6-10,13,16,19-21H2,3H3,(H,35,38)/t22-,25?,27?,30?,33?,41?/m0/s1. The van der Waals surface area contributed by atoms with Crippen LogP contribution in [0.3, 0.4) is 0 Å². The monoisotopic (exact) mass is 596 g/mol. The molecule has 1 aliphatic heterocycles. The first kappa shape index (κ1) is 30.0. The van der Waals surface area contributed by atoms with Gasteiger partial charge in [0.25, 0.3) is 5.91 Å². The number of aliphatic hydroxyl groups excluding tert-OH is 1. The van der Waals surface area contributed by atoms with Crippen molar-refractivity contribution in [3.05, 3.63) is 83.4 Å². The molecule has 0 bridgehead atoms. The van der Waals surface area contributed by atoms with Gasteiger partial charge >= 0.3 is 0 Å². The normalized spacial score (nSPS) is 25.4. The quantitative estimate of drug-likeness (QED) is 0.254. The predicted octanol–water partition coefficient (Wildman–Crippen LogP) is 6.13. The molecular formula is C33H41ClN2O4S. The highest BCUT2D eigenvalue weighted by molar-refractivity contribution is 7.90. The maximum Gasteiger partial charge on any atom is 0.292 e. The molecule has 220 valence electrons. The molecule has 0 saturated heterocycles. The Kier molecular flexibility index (Phi) is 9.39. The van der Waals surface area contributed by atoms with Gasteiger partial charge in [-0.2, -0.15) is 4.72 Å². The molecule has 6 atom stereocenters. The molecular weight excluding hydrogens is 556 g/mol. The number of hydrogen-bond donors (Lipinski definition) is 2. The third-order valence-electron chi connectivity index (χ3n) is 9.19. The summed E-state index contributed by atoms with van der Waals surface area (Å²) in [6, 6.07) is 11.7. The maximum atomic E-state index is 13.2. The van der Waals surface area contributed by atoms with Gasteiger partial charge in [-0.1, -0.05) is 29.8 Å². The third kappa shape index (κ3) is 6.34. The van der Waals surface area contributed by atoms with E-state index in [0.717, 1.165) is 61.7 Å². The summed E-state index contributed by atoms with van der Waals surface area (Å²) in [5, 5.41) is 11.3. The van der Waals surface area contributed by atoms with Gasteiger partial charge in [-0.3, -0.25) is 4.79 Å². The molecule has 2 aliphatic carbocycles. The Hall–Kier alpha value is -2.45. The maximum absolute atomic E-state index is 13.2. The molecule has 0 aromatic heterocycles. The summed E-state index contributed by atoms with van der Waals surface area (Å²) in [6.07, 6.45) is 9.32. The molecule has 3 aliphatic rings. The Labute approximate surface area is 252 Å². The number of rotatable bonds is 10. The Morgan fingerprint density at radius 1 is 1.27 bits per heavy atom. The second-order valence-corrected chi connectivity index (χ2v) is 14.0. The number of halogens is 1. The van der Waals surface area contributed by atoms with E-state index in [4.69, 9.17) is 16.3 Å². The van der Waals surface area contributed by atoms with E-state index in [1.807, 2.05) is 25.1 Å². The van der Waals surface area contributed by atoms with Gasteiger partial charge in [0.2, 0.25) is 0 Å². The lowest BCUT2D eigenvalue weighted by atomic mass is 9.68. The number of allylic oxidation sites excluding steroid dienone is 1. The molecule has 6 nitrogen and oxygen atoms in total. The lowest BCUT2D eigenvalue weighted by molar-refractivity contribution is 0.0178. The number of carbonyl (C=O) groups is 1. The van der Waals surface area contributed by atoms with Gasteiger partial charge in [-0.15, -0.1) is 13.2 Å². The van der Waals surface area contributed by atoms with Crippen LogP contribution in [0.2, 0.25) is 5.02 Å². The number of amides is 1. The highest BCUT2D eigenvalue weighted by Gasteiger charge is 2.44. The van der Waals surface area contributed by atoms with Crippen LogP contribution in [0, 0.1) is 11.8 Å². The van der Waals surface area contributed by atoms with Gasteiger partial charge < -0.3 is 19.3 Å². The lowest BCUT2D eigenvalue weighted by Crippen LogP contribution is -2.49. The molecule has 41 heavy (non-hydrogen) atoms. The van der Waals surface area contributed by atoms with Crippen LogP contribution in [0.15, 0.2) is 61.7 Å². The molecule has 5 rings (SSSR count). The van der Waals surface area contributed by atoms with E-state index >= 15 is 0 Å². The molecule has 1 spiro atoms. The first-order valence-corrected chi connectivity index (χ1v) is 16.3. The number of nitrogens with one attached hydrogen (secondary N) is 1. The average Bonchev–Trinajstić information content (AvgIpc) is 3.08. The van der Waals surface area contributed by atoms with Crippen molar-refractivity contribution in [3.8, 4) is 5.75 Å². The number of aryl methyl sites for hydroxylation is 1. The van der Waals surface area contributed by atoms with Crippen molar-refractivity contribution in [3.63, 3.8) is 0 Å². The van der Waals surface area contributed by atoms with Crippen molar-refractivity contribution in [2.45, 2.75) is 68.6 Å². The summed E-state index contributed by atoms with van der Waals surface area (Å²) in [6.45, 7) is 11.4. The molecule has 1 amide bonds. The SMILES string of the molecule is C=CCC(O)C1CCC1CN1CC2(CCCc3cc(Cl)ccc32)COc2ccc(C(=O)N[S+]([O-])[C@@H](C)CC=C)cc21. The Morgan fingerprint density at radius 3 is 2.80 bits per heavy atom. The first-order chi connectivity index (χ1) is 19.7. The zero-order valence-corrected chi connectivity index (χ0v) is 25.4. The van der Waals surface area contributed by atoms with Crippen molar-refractivity contribution < 1.29 is 19.2 Å². The van der Waals surface area contributed by atoms with Gasteiger partial charge in [-0.05, 0) is 98.7 Å². The van der Waals surface area contributed by atoms with E-state index in [0.29, 0.717) is 30.9 Å². The van der Waals surface area contributed by atoms with Crippen LogP contribution in [0.4, 0.5) is 5.69 Å². The highest BCUT2D eigenvalue weighted by Crippen LogP contribution is 2.46. The zero-order chi connectivity index (χ0) is 29.1. The summed E-state index contributed by atoms with van der Waals surface area (Å²) >= 11 is 4.87. The fourth-order valence-electron chi connectivity index (χ4n) is 6.78. The molecule has 2 N–H and O–H groups in total.